The van der Waals surface area contributed by atoms with E-state index in [9.17, 15) is 10.1 Å². The van der Waals surface area contributed by atoms with Gasteiger partial charge in [-0.3, -0.25) is 10.1 Å². The molecule has 0 amide bonds. The second-order valence-corrected chi connectivity index (χ2v) is 5.16. The van der Waals surface area contributed by atoms with Crippen LogP contribution >= 0.6 is 11.6 Å². The SMILES string of the molecule is COCCOC1C(N)CC1Oc1ccc([N+](=O)[O-])cc1Cl. The zero-order valence-electron chi connectivity index (χ0n) is 11.5. The van der Waals surface area contributed by atoms with E-state index in [4.69, 9.17) is 31.5 Å². The molecule has 2 rings (SSSR count). The van der Waals surface area contributed by atoms with E-state index >= 15 is 0 Å². The fraction of sp³-hybridized carbons (Fsp3) is 0.538. The van der Waals surface area contributed by atoms with E-state index in [2.05, 4.69) is 0 Å². The summed E-state index contributed by atoms with van der Waals surface area (Å²) in [6.07, 6.45) is 0.201. The van der Waals surface area contributed by atoms with Crippen LogP contribution in [0.3, 0.4) is 0 Å². The molecule has 3 atom stereocenters. The molecule has 21 heavy (non-hydrogen) atoms. The Kier molecular flexibility index (Phi) is 5.35. The van der Waals surface area contributed by atoms with Crippen molar-refractivity contribution >= 4 is 17.3 Å². The van der Waals surface area contributed by atoms with Gasteiger partial charge in [0, 0.05) is 31.7 Å². The molecule has 1 aromatic rings. The molecule has 1 aliphatic rings. The smallest absolute Gasteiger partial charge is 0.271 e. The number of benzene rings is 1. The monoisotopic (exact) mass is 316 g/mol. The average Bonchev–Trinajstić information content (AvgIpc) is 2.44. The van der Waals surface area contributed by atoms with E-state index in [0.717, 1.165) is 0 Å². The molecule has 3 unspecified atom stereocenters. The normalized spacial score (nSPS) is 24.4. The molecule has 1 aliphatic carbocycles. The average molecular weight is 317 g/mol. The number of ether oxygens (including phenoxy) is 3. The summed E-state index contributed by atoms with van der Waals surface area (Å²) in [6.45, 7) is 0.914. The minimum atomic E-state index is -0.508. The molecule has 0 spiro atoms. The lowest BCUT2D eigenvalue weighted by Crippen LogP contribution is -2.59. The van der Waals surface area contributed by atoms with Gasteiger partial charge < -0.3 is 19.9 Å². The lowest BCUT2D eigenvalue weighted by molar-refractivity contribution is -0.384. The number of nitro groups is 1. The Morgan fingerprint density at radius 1 is 1.48 bits per heavy atom. The summed E-state index contributed by atoms with van der Waals surface area (Å²) in [7, 11) is 1.59. The largest absolute Gasteiger partial charge is 0.486 e. The van der Waals surface area contributed by atoms with Crippen molar-refractivity contribution < 1.29 is 19.1 Å². The number of rotatable bonds is 7. The molecule has 1 fully saturated rings. The third-order valence-corrected chi connectivity index (χ3v) is 3.59. The molecule has 2 N–H and O–H groups in total. The third-order valence-electron chi connectivity index (χ3n) is 3.30. The molecule has 0 aromatic heterocycles. The van der Waals surface area contributed by atoms with Crippen molar-refractivity contribution in [3.63, 3.8) is 0 Å². The first-order valence-corrected chi connectivity index (χ1v) is 6.87. The number of non-ortho nitro benzene ring substituents is 1. The number of nitrogens with two attached hydrogens (primary N) is 1. The van der Waals surface area contributed by atoms with Gasteiger partial charge in [0.05, 0.1) is 23.2 Å². The van der Waals surface area contributed by atoms with Gasteiger partial charge >= 0.3 is 0 Å². The number of hydrogen-bond acceptors (Lipinski definition) is 6. The highest BCUT2D eigenvalue weighted by molar-refractivity contribution is 6.32. The summed E-state index contributed by atoms with van der Waals surface area (Å²) in [5.41, 5.74) is 5.80. The first-order valence-electron chi connectivity index (χ1n) is 6.49. The maximum Gasteiger partial charge on any atom is 0.271 e. The Morgan fingerprint density at radius 2 is 2.24 bits per heavy atom. The van der Waals surface area contributed by atoms with Crippen molar-refractivity contribution in [1.29, 1.82) is 0 Å². The molecular formula is C13H17ClN2O5. The first-order chi connectivity index (χ1) is 10.0. The van der Waals surface area contributed by atoms with Crippen LogP contribution in [0.15, 0.2) is 18.2 Å². The highest BCUT2D eigenvalue weighted by Gasteiger charge is 2.41. The minimum absolute atomic E-state index is 0.0782. The van der Waals surface area contributed by atoms with E-state index in [0.29, 0.717) is 25.4 Å². The summed E-state index contributed by atoms with van der Waals surface area (Å²) in [4.78, 5) is 10.1. The van der Waals surface area contributed by atoms with Gasteiger partial charge in [0.2, 0.25) is 0 Å². The highest BCUT2D eigenvalue weighted by Crippen LogP contribution is 2.33. The van der Waals surface area contributed by atoms with E-state index in [-0.39, 0.29) is 29.0 Å². The number of methoxy groups -OCH3 is 1. The zero-order chi connectivity index (χ0) is 15.4. The number of hydrogen-bond donors (Lipinski definition) is 1. The van der Waals surface area contributed by atoms with Crippen molar-refractivity contribution in [2.75, 3.05) is 20.3 Å². The molecule has 1 aromatic carbocycles. The van der Waals surface area contributed by atoms with Crippen LogP contribution in [0, 0.1) is 10.1 Å². The summed E-state index contributed by atoms with van der Waals surface area (Å²) in [5, 5.41) is 10.8. The van der Waals surface area contributed by atoms with Crippen LogP contribution in [0.4, 0.5) is 5.69 Å². The van der Waals surface area contributed by atoms with Gasteiger partial charge in [0.1, 0.15) is 18.0 Å². The lowest BCUT2D eigenvalue weighted by Gasteiger charge is -2.41. The van der Waals surface area contributed by atoms with Gasteiger partial charge in [-0.25, -0.2) is 0 Å². The van der Waals surface area contributed by atoms with Crippen molar-refractivity contribution in [1.82, 2.24) is 0 Å². The lowest BCUT2D eigenvalue weighted by atomic mass is 9.86. The van der Waals surface area contributed by atoms with Crippen LogP contribution in [0.2, 0.25) is 5.02 Å². The number of nitro benzene ring substituents is 1. The van der Waals surface area contributed by atoms with Crippen molar-refractivity contribution in [3.05, 3.63) is 33.3 Å². The van der Waals surface area contributed by atoms with Gasteiger partial charge in [0.25, 0.3) is 5.69 Å². The topological polar surface area (TPSA) is 96.9 Å². The predicted molar refractivity (Wildman–Crippen MR) is 76.7 cm³/mol. The molecule has 8 heteroatoms. The molecule has 116 valence electrons. The number of halogens is 1. The van der Waals surface area contributed by atoms with Crippen molar-refractivity contribution in [3.8, 4) is 5.75 Å². The Hall–Kier alpha value is -1.41. The van der Waals surface area contributed by atoms with E-state index in [1.807, 2.05) is 0 Å². The van der Waals surface area contributed by atoms with Crippen LogP contribution < -0.4 is 10.5 Å². The van der Waals surface area contributed by atoms with Crippen LogP contribution in [0.25, 0.3) is 0 Å². The minimum Gasteiger partial charge on any atom is -0.486 e. The van der Waals surface area contributed by atoms with Gasteiger partial charge in [-0.2, -0.15) is 0 Å². The maximum absolute atomic E-state index is 10.7. The molecule has 0 heterocycles. The fourth-order valence-electron chi connectivity index (χ4n) is 2.09. The molecule has 0 aliphatic heterocycles. The molecule has 0 saturated heterocycles. The first kappa shape index (κ1) is 16.0. The molecule has 1 saturated carbocycles. The van der Waals surface area contributed by atoms with E-state index in [1.54, 1.807) is 7.11 Å². The van der Waals surface area contributed by atoms with E-state index < -0.39 is 4.92 Å². The predicted octanol–water partition coefficient (Wildman–Crippen LogP) is 1.76. The molecular weight excluding hydrogens is 300 g/mol. The Labute approximate surface area is 127 Å². The Morgan fingerprint density at radius 3 is 2.81 bits per heavy atom. The standard InChI is InChI=1S/C13H17ClN2O5/c1-19-4-5-20-13-10(15)7-12(13)21-11-3-2-8(16(17)18)6-9(11)14/h2-3,6,10,12-13H,4-5,7,15H2,1H3. The van der Waals surface area contributed by atoms with Gasteiger partial charge in [-0.15, -0.1) is 0 Å². The summed E-state index contributed by atoms with van der Waals surface area (Å²) < 4.78 is 16.2. The highest BCUT2D eigenvalue weighted by atomic mass is 35.5. The second kappa shape index (κ2) is 7.04. The van der Waals surface area contributed by atoms with Crippen LogP contribution in [0.1, 0.15) is 6.42 Å². The van der Waals surface area contributed by atoms with Gasteiger partial charge in [0.15, 0.2) is 0 Å². The Bertz CT molecular complexity index is 513. The third kappa shape index (κ3) is 3.82. The molecule has 0 radical (unpaired) electrons. The quantitative estimate of drug-likeness (QED) is 0.467. The van der Waals surface area contributed by atoms with E-state index in [1.165, 1.54) is 18.2 Å². The number of nitrogens with zero attached hydrogens (tertiary/aromatic N) is 1. The van der Waals surface area contributed by atoms with Crippen LogP contribution in [-0.2, 0) is 9.47 Å². The zero-order valence-corrected chi connectivity index (χ0v) is 12.3. The summed E-state index contributed by atoms with van der Waals surface area (Å²) >= 11 is 5.99. The summed E-state index contributed by atoms with van der Waals surface area (Å²) in [6, 6.07) is 4.00. The summed E-state index contributed by atoms with van der Waals surface area (Å²) in [5.74, 6) is 0.388. The molecule has 7 nitrogen and oxygen atoms in total. The van der Waals surface area contributed by atoms with Crippen LogP contribution in [0.5, 0.6) is 5.75 Å². The maximum atomic E-state index is 10.7. The van der Waals surface area contributed by atoms with Crippen molar-refractivity contribution in [2.24, 2.45) is 5.73 Å². The molecule has 0 bridgehead atoms. The van der Waals surface area contributed by atoms with Crippen molar-refractivity contribution in [2.45, 2.75) is 24.7 Å². The van der Waals surface area contributed by atoms with Gasteiger partial charge in [-0.05, 0) is 6.07 Å². The Balaban J connectivity index is 1.96. The fourth-order valence-corrected chi connectivity index (χ4v) is 2.31. The second-order valence-electron chi connectivity index (χ2n) is 4.76. The van der Waals surface area contributed by atoms with Crippen LogP contribution in [-0.4, -0.2) is 43.5 Å². The van der Waals surface area contributed by atoms with Gasteiger partial charge in [-0.1, -0.05) is 11.6 Å².